The van der Waals surface area contributed by atoms with Crippen LogP contribution in [0.25, 0.3) is 0 Å². The lowest BCUT2D eigenvalue weighted by atomic mass is 10.2. The van der Waals surface area contributed by atoms with Crippen LogP contribution in [-0.4, -0.2) is 36.0 Å². The number of aromatic carboxylic acids is 1. The van der Waals surface area contributed by atoms with Crippen molar-refractivity contribution in [2.24, 2.45) is 0 Å². The molecule has 2 rings (SSSR count). The second-order valence-corrected chi connectivity index (χ2v) is 5.91. The number of carbonyl (C=O) groups is 1. The molecular formula is C13H13N3O4S. The Morgan fingerprint density at radius 3 is 2.48 bits per heavy atom. The number of hydrogen-bond donors (Lipinski definition) is 2. The van der Waals surface area contributed by atoms with Gasteiger partial charge in [-0.3, -0.25) is 4.98 Å². The number of carboxylic acids is 1. The lowest BCUT2D eigenvalue weighted by Gasteiger charge is -2.06. The zero-order valence-corrected chi connectivity index (χ0v) is 11.7. The second-order valence-electron chi connectivity index (χ2n) is 4.19. The summed E-state index contributed by atoms with van der Waals surface area (Å²) in [5.74, 6) is -1.16. The van der Waals surface area contributed by atoms with Gasteiger partial charge >= 0.3 is 5.97 Å². The summed E-state index contributed by atoms with van der Waals surface area (Å²) in [4.78, 5) is 18.2. The van der Waals surface area contributed by atoms with Gasteiger partial charge in [0, 0.05) is 25.1 Å². The molecule has 0 aliphatic heterocycles. The van der Waals surface area contributed by atoms with Crippen LogP contribution in [0.4, 0.5) is 0 Å². The van der Waals surface area contributed by atoms with Gasteiger partial charge in [-0.1, -0.05) is 0 Å². The smallest absolute Gasteiger partial charge is 0.337 e. The molecule has 0 aliphatic rings. The van der Waals surface area contributed by atoms with Crippen molar-refractivity contribution < 1.29 is 18.3 Å². The van der Waals surface area contributed by atoms with E-state index in [9.17, 15) is 13.2 Å². The number of sulfonamides is 1. The zero-order chi connectivity index (χ0) is 15.3. The van der Waals surface area contributed by atoms with E-state index in [1.54, 1.807) is 24.5 Å². The van der Waals surface area contributed by atoms with Gasteiger partial charge in [0.25, 0.3) is 10.0 Å². The molecule has 0 bridgehead atoms. The Balaban J connectivity index is 2.00. The minimum absolute atomic E-state index is 0.0641. The summed E-state index contributed by atoms with van der Waals surface area (Å²) in [6.45, 7) is 0.217. The van der Waals surface area contributed by atoms with Crippen LogP contribution < -0.4 is 4.72 Å². The summed E-state index contributed by atoms with van der Waals surface area (Å²) >= 11 is 0. The third-order valence-corrected chi connectivity index (χ3v) is 4.09. The van der Waals surface area contributed by atoms with Crippen LogP contribution in [0.5, 0.6) is 0 Å². The van der Waals surface area contributed by atoms with Crippen molar-refractivity contribution in [1.29, 1.82) is 0 Å². The fraction of sp³-hybridized carbons (Fsp3) is 0.154. The molecule has 110 valence electrons. The van der Waals surface area contributed by atoms with Crippen LogP contribution >= 0.6 is 0 Å². The lowest BCUT2D eigenvalue weighted by Crippen LogP contribution is -2.26. The van der Waals surface area contributed by atoms with Gasteiger partial charge in [-0.15, -0.1) is 0 Å². The molecule has 0 unspecified atom stereocenters. The Kier molecular flexibility index (Phi) is 4.61. The third-order valence-electron chi connectivity index (χ3n) is 2.71. The number of pyridine rings is 2. The Morgan fingerprint density at radius 1 is 1.19 bits per heavy atom. The predicted molar refractivity (Wildman–Crippen MR) is 74.3 cm³/mol. The molecule has 0 saturated carbocycles. The van der Waals surface area contributed by atoms with Crippen molar-refractivity contribution in [2.75, 3.05) is 6.54 Å². The summed E-state index contributed by atoms with van der Waals surface area (Å²) < 4.78 is 26.4. The van der Waals surface area contributed by atoms with Crippen LogP contribution in [0.3, 0.4) is 0 Å². The molecule has 0 atom stereocenters. The van der Waals surface area contributed by atoms with Crippen molar-refractivity contribution in [2.45, 2.75) is 11.4 Å². The number of nitrogens with zero attached hydrogens (tertiary/aromatic N) is 2. The summed E-state index contributed by atoms with van der Waals surface area (Å²) in [6, 6.07) is 5.97. The van der Waals surface area contributed by atoms with Crippen molar-refractivity contribution in [3.05, 3.63) is 54.0 Å². The second kappa shape index (κ2) is 6.42. The van der Waals surface area contributed by atoms with E-state index < -0.39 is 16.0 Å². The first-order valence-electron chi connectivity index (χ1n) is 6.07. The highest BCUT2D eigenvalue weighted by atomic mass is 32.2. The maximum atomic E-state index is 12.0. The topological polar surface area (TPSA) is 109 Å². The highest BCUT2D eigenvalue weighted by Gasteiger charge is 2.15. The molecule has 2 aromatic heterocycles. The summed E-state index contributed by atoms with van der Waals surface area (Å²) in [5.41, 5.74) is 0.896. The Morgan fingerprint density at radius 2 is 1.90 bits per heavy atom. The lowest BCUT2D eigenvalue weighted by molar-refractivity contribution is 0.0696. The van der Waals surface area contributed by atoms with Crippen molar-refractivity contribution in [1.82, 2.24) is 14.7 Å². The van der Waals surface area contributed by atoms with Gasteiger partial charge < -0.3 is 5.11 Å². The molecule has 2 N–H and O–H groups in total. The van der Waals surface area contributed by atoms with Crippen molar-refractivity contribution >= 4 is 16.0 Å². The Hall–Kier alpha value is -2.32. The Bertz CT molecular complexity index is 715. The fourth-order valence-electron chi connectivity index (χ4n) is 1.62. The van der Waals surface area contributed by atoms with Crippen molar-refractivity contribution in [3.63, 3.8) is 0 Å². The maximum absolute atomic E-state index is 12.0. The first-order chi connectivity index (χ1) is 9.99. The number of carboxylic acid groups (broad SMARTS) is 1. The fourth-order valence-corrected chi connectivity index (χ4v) is 2.58. The minimum atomic E-state index is -3.74. The van der Waals surface area contributed by atoms with Gasteiger partial charge in [0.1, 0.15) is 0 Å². The highest BCUT2D eigenvalue weighted by Crippen LogP contribution is 2.07. The first kappa shape index (κ1) is 15.1. The van der Waals surface area contributed by atoms with Crippen LogP contribution in [-0.2, 0) is 16.4 Å². The normalized spacial score (nSPS) is 11.2. The molecular weight excluding hydrogens is 294 g/mol. The molecule has 0 saturated heterocycles. The first-order valence-corrected chi connectivity index (χ1v) is 7.55. The third kappa shape index (κ3) is 4.07. The van der Waals surface area contributed by atoms with E-state index in [0.717, 1.165) is 17.8 Å². The molecule has 21 heavy (non-hydrogen) atoms. The van der Waals surface area contributed by atoms with Gasteiger partial charge in [-0.05, 0) is 36.2 Å². The molecule has 2 aromatic rings. The van der Waals surface area contributed by atoms with Crippen LogP contribution in [0.1, 0.15) is 15.9 Å². The number of aromatic nitrogens is 2. The summed E-state index contributed by atoms with van der Waals surface area (Å²) in [6.07, 6.45) is 4.81. The molecule has 2 heterocycles. The standard InChI is InChI=1S/C13H13N3O4S/c17-13(18)11-1-2-12(15-9-11)21(19,20)16-8-5-10-3-6-14-7-4-10/h1-4,6-7,9,16H,5,8H2,(H,17,18). The van der Waals surface area contributed by atoms with Gasteiger partial charge in [0.15, 0.2) is 5.03 Å². The van der Waals surface area contributed by atoms with Crippen molar-refractivity contribution in [3.8, 4) is 0 Å². The Labute approximate surface area is 121 Å². The largest absolute Gasteiger partial charge is 0.478 e. The van der Waals surface area contributed by atoms with Crippen LogP contribution in [0.15, 0.2) is 47.9 Å². The summed E-state index contributed by atoms with van der Waals surface area (Å²) in [7, 11) is -3.74. The molecule has 0 radical (unpaired) electrons. The molecule has 0 spiro atoms. The van der Waals surface area contributed by atoms with E-state index in [-0.39, 0.29) is 17.1 Å². The molecule has 0 aromatic carbocycles. The molecule has 7 nitrogen and oxygen atoms in total. The number of hydrogen-bond acceptors (Lipinski definition) is 5. The minimum Gasteiger partial charge on any atom is -0.478 e. The van der Waals surface area contributed by atoms with E-state index in [1.165, 1.54) is 6.07 Å². The highest BCUT2D eigenvalue weighted by molar-refractivity contribution is 7.89. The molecule has 0 aliphatic carbocycles. The predicted octanol–water partition coefficient (Wildman–Crippen LogP) is 0.696. The van der Waals surface area contributed by atoms with Gasteiger partial charge in [-0.2, -0.15) is 0 Å². The SMILES string of the molecule is O=C(O)c1ccc(S(=O)(=O)NCCc2ccncc2)nc1. The van der Waals surface area contributed by atoms with Gasteiger partial charge in [-0.25, -0.2) is 22.9 Å². The van der Waals surface area contributed by atoms with Gasteiger partial charge in [0.05, 0.1) is 5.56 Å². The number of nitrogens with one attached hydrogen (secondary N) is 1. The number of rotatable bonds is 6. The monoisotopic (exact) mass is 307 g/mol. The van der Waals surface area contributed by atoms with E-state index in [0.29, 0.717) is 6.42 Å². The maximum Gasteiger partial charge on any atom is 0.337 e. The summed E-state index contributed by atoms with van der Waals surface area (Å²) in [5, 5.41) is 8.53. The van der Waals surface area contributed by atoms with Crippen LogP contribution in [0, 0.1) is 0 Å². The van der Waals surface area contributed by atoms with E-state index >= 15 is 0 Å². The zero-order valence-electron chi connectivity index (χ0n) is 10.9. The molecule has 8 heteroatoms. The average molecular weight is 307 g/mol. The molecule has 0 amide bonds. The van der Waals surface area contributed by atoms with E-state index in [4.69, 9.17) is 5.11 Å². The average Bonchev–Trinajstić information content (AvgIpc) is 2.48. The van der Waals surface area contributed by atoms with Crippen LogP contribution in [0.2, 0.25) is 0 Å². The quantitative estimate of drug-likeness (QED) is 0.813. The molecule has 0 fully saturated rings. The van der Waals surface area contributed by atoms with E-state index in [2.05, 4.69) is 14.7 Å². The van der Waals surface area contributed by atoms with Gasteiger partial charge in [0.2, 0.25) is 0 Å². The van der Waals surface area contributed by atoms with E-state index in [1.807, 2.05) is 0 Å².